The number of nitrogens with one attached hydrogen (secondary N) is 1. The summed E-state index contributed by atoms with van der Waals surface area (Å²) in [6.45, 7) is 5.29. The minimum absolute atomic E-state index is 0.242. The number of rotatable bonds is 8. The Labute approximate surface area is 177 Å². The summed E-state index contributed by atoms with van der Waals surface area (Å²) in [5.74, 6) is 0.379. The Morgan fingerprint density at radius 2 is 1.93 bits per heavy atom. The van der Waals surface area contributed by atoms with Crippen LogP contribution in [0, 0.1) is 13.8 Å². The second kappa shape index (κ2) is 9.50. The van der Waals surface area contributed by atoms with E-state index in [2.05, 4.69) is 5.32 Å². The smallest absolute Gasteiger partial charge is 0.241 e. The molecule has 0 radical (unpaired) electrons. The quantitative estimate of drug-likeness (QED) is 0.675. The van der Waals surface area contributed by atoms with Gasteiger partial charge in [-0.2, -0.15) is 0 Å². The average molecular weight is 439 g/mol. The number of hydrogen-bond acceptors (Lipinski definition) is 4. The summed E-state index contributed by atoms with van der Waals surface area (Å²) < 4.78 is 31.1. The van der Waals surface area contributed by atoms with Gasteiger partial charge in [-0.3, -0.25) is 9.10 Å². The van der Waals surface area contributed by atoms with Crippen molar-refractivity contribution in [2.75, 3.05) is 24.2 Å². The van der Waals surface area contributed by atoms with Crippen LogP contribution in [0.25, 0.3) is 0 Å². The van der Waals surface area contributed by atoms with Gasteiger partial charge in [-0.1, -0.05) is 36.7 Å². The van der Waals surface area contributed by atoms with E-state index in [1.54, 1.807) is 32.2 Å². The van der Waals surface area contributed by atoms with E-state index in [-0.39, 0.29) is 12.6 Å². The number of halogens is 1. The number of nitrogens with zero attached hydrogens (tertiary/aromatic N) is 1. The molecule has 0 aromatic heterocycles. The molecule has 0 bridgehead atoms. The third kappa shape index (κ3) is 5.64. The van der Waals surface area contributed by atoms with E-state index in [9.17, 15) is 13.2 Å². The third-order valence-electron chi connectivity index (χ3n) is 4.76. The van der Waals surface area contributed by atoms with Gasteiger partial charge in [-0.15, -0.1) is 0 Å². The maximum absolute atomic E-state index is 12.7. The van der Waals surface area contributed by atoms with Crippen LogP contribution in [0.1, 0.15) is 36.1 Å². The number of hydrogen-bond donors (Lipinski definition) is 1. The van der Waals surface area contributed by atoms with Crippen LogP contribution in [0.5, 0.6) is 5.75 Å². The molecule has 0 saturated heterocycles. The zero-order chi connectivity index (χ0) is 21.8. The number of carbonyl (C=O) groups is 1. The van der Waals surface area contributed by atoms with Gasteiger partial charge in [-0.05, 0) is 55.2 Å². The van der Waals surface area contributed by atoms with E-state index in [0.717, 1.165) is 27.4 Å². The van der Waals surface area contributed by atoms with Gasteiger partial charge < -0.3 is 10.1 Å². The number of carbonyl (C=O) groups excluding carboxylic acids is 1. The maximum atomic E-state index is 12.7. The van der Waals surface area contributed by atoms with Crippen molar-refractivity contribution in [2.45, 2.75) is 33.2 Å². The van der Waals surface area contributed by atoms with Gasteiger partial charge in [0.15, 0.2) is 0 Å². The van der Waals surface area contributed by atoms with Crippen LogP contribution in [-0.2, 0) is 14.8 Å². The standard InChI is InChI=1S/C21H27ClN2O4S/c1-6-18(16-10-11-20(28-4)14(2)12-16)23-21(25)13-24(29(5,26)27)19-9-7-8-17(22)15(19)3/h7-12,18H,6,13H2,1-5H3,(H,23,25). The predicted molar refractivity (Wildman–Crippen MR) is 117 cm³/mol. The summed E-state index contributed by atoms with van der Waals surface area (Å²) in [7, 11) is -2.07. The lowest BCUT2D eigenvalue weighted by Gasteiger charge is -2.26. The van der Waals surface area contributed by atoms with E-state index >= 15 is 0 Å². The topological polar surface area (TPSA) is 75.7 Å². The van der Waals surface area contributed by atoms with Crippen LogP contribution in [-0.4, -0.2) is 34.2 Å². The van der Waals surface area contributed by atoms with E-state index in [1.165, 1.54) is 0 Å². The van der Waals surface area contributed by atoms with E-state index in [4.69, 9.17) is 16.3 Å². The second-order valence-corrected chi connectivity index (χ2v) is 9.23. The highest BCUT2D eigenvalue weighted by Crippen LogP contribution is 2.28. The molecule has 1 unspecified atom stereocenters. The minimum Gasteiger partial charge on any atom is -0.496 e. The van der Waals surface area contributed by atoms with Crippen molar-refractivity contribution in [1.82, 2.24) is 5.32 Å². The summed E-state index contributed by atoms with van der Waals surface area (Å²) in [4.78, 5) is 12.7. The molecule has 0 fully saturated rings. The molecule has 2 rings (SSSR count). The normalized spacial score (nSPS) is 12.3. The van der Waals surface area contributed by atoms with Crippen LogP contribution < -0.4 is 14.4 Å². The lowest BCUT2D eigenvalue weighted by Crippen LogP contribution is -2.41. The highest BCUT2D eigenvalue weighted by Gasteiger charge is 2.24. The summed E-state index contributed by atoms with van der Waals surface area (Å²) in [6.07, 6.45) is 1.73. The van der Waals surface area contributed by atoms with Crippen LogP contribution in [0.2, 0.25) is 5.02 Å². The van der Waals surface area contributed by atoms with Crippen molar-refractivity contribution >= 4 is 33.2 Å². The number of methoxy groups -OCH3 is 1. The number of aryl methyl sites for hydroxylation is 1. The first-order chi connectivity index (χ1) is 13.6. The highest BCUT2D eigenvalue weighted by atomic mass is 35.5. The molecular weight excluding hydrogens is 412 g/mol. The largest absolute Gasteiger partial charge is 0.496 e. The average Bonchev–Trinajstić information content (AvgIpc) is 2.65. The first-order valence-corrected chi connectivity index (χ1v) is 11.5. The molecule has 1 atom stereocenters. The number of anilines is 1. The van der Waals surface area contributed by atoms with Gasteiger partial charge >= 0.3 is 0 Å². The van der Waals surface area contributed by atoms with Crippen LogP contribution >= 0.6 is 11.6 Å². The molecule has 1 amide bonds. The molecule has 0 spiro atoms. The lowest BCUT2D eigenvalue weighted by molar-refractivity contribution is -0.120. The molecule has 0 saturated carbocycles. The van der Waals surface area contributed by atoms with Crippen molar-refractivity contribution in [3.05, 3.63) is 58.1 Å². The Kier molecular flexibility index (Phi) is 7.54. The summed E-state index contributed by atoms with van der Waals surface area (Å²) >= 11 is 6.14. The molecule has 1 N–H and O–H groups in total. The van der Waals surface area contributed by atoms with Crippen molar-refractivity contribution in [3.63, 3.8) is 0 Å². The second-order valence-electron chi connectivity index (χ2n) is 6.91. The molecule has 0 aliphatic carbocycles. The maximum Gasteiger partial charge on any atom is 0.241 e. The number of sulfonamides is 1. The van der Waals surface area contributed by atoms with E-state index in [1.807, 2.05) is 32.0 Å². The van der Waals surface area contributed by atoms with Crippen molar-refractivity contribution in [3.8, 4) is 5.75 Å². The Balaban J connectivity index is 2.25. The molecule has 158 valence electrons. The monoisotopic (exact) mass is 438 g/mol. The minimum atomic E-state index is -3.68. The molecule has 29 heavy (non-hydrogen) atoms. The Bertz CT molecular complexity index is 992. The number of benzene rings is 2. The van der Waals surface area contributed by atoms with Crippen molar-refractivity contribution in [2.24, 2.45) is 0 Å². The fourth-order valence-corrected chi connectivity index (χ4v) is 4.23. The summed E-state index contributed by atoms with van der Waals surface area (Å²) in [5.41, 5.74) is 2.89. The predicted octanol–water partition coefficient (Wildman–Crippen LogP) is 4.00. The van der Waals surface area contributed by atoms with Crippen molar-refractivity contribution in [1.29, 1.82) is 0 Å². The summed E-state index contributed by atoms with van der Waals surface area (Å²) in [6, 6.07) is 10.5. The fraction of sp³-hybridized carbons (Fsp3) is 0.381. The lowest BCUT2D eigenvalue weighted by atomic mass is 10.0. The number of amides is 1. The fourth-order valence-electron chi connectivity index (χ4n) is 3.16. The molecule has 0 heterocycles. The molecule has 6 nitrogen and oxygen atoms in total. The van der Waals surface area contributed by atoms with Crippen molar-refractivity contribution < 1.29 is 17.9 Å². The van der Waals surface area contributed by atoms with Gasteiger partial charge in [0.05, 0.1) is 25.1 Å². The van der Waals surface area contributed by atoms with E-state index in [0.29, 0.717) is 22.7 Å². The van der Waals surface area contributed by atoms with Gasteiger partial charge in [-0.25, -0.2) is 8.42 Å². The molecule has 0 aliphatic rings. The molecular formula is C21H27ClN2O4S. The van der Waals surface area contributed by atoms with Crippen LogP contribution in [0.4, 0.5) is 5.69 Å². The Morgan fingerprint density at radius 1 is 1.24 bits per heavy atom. The molecule has 2 aromatic carbocycles. The zero-order valence-electron chi connectivity index (χ0n) is 17.3. The van der Waals surface area contributed by atoms with Gasteiger partial charge in [0.1, 0.15) is 12.3 Å². The van der Waals surface area contributed by atoms with Crippen LogP contribution in [0.15, 0.2) is 36.4 Å². The molecule has 2 aromatic rings. The Hall–Kier alpha value is -2.25. The van der Waals surface area contributed by atoms with E-state index < -0.39 is 15.9 Å². The van der Waals surface area contributed by atoms with Gasteiger partial charge in [0.2, 0.25) is 15.9 Å². The first-order valence-electron chi connectivity index (χ1n) is 9.25. The first kappa shape index (κ1) is 23.0. The zero-order valence-corrected chi connectivity index (χ0v) is 18.9. The SMILES string of the molecule is CCC(NC(=O)CN(c1cccc(Cl)c1C)S(C)(=O)=O)c1ccc(OC)c(C)c1. The van der Waals surface area contributed by atoms with Crippen LogP contribution in [0.3, 0.4) is 0 Å². The molecule has 8 heteroatoms. The highest BCUT2D eigenvalue weighted by molar-refractivity contribution is 7.92. The van der Waals surface area contributed by atoms with Gasteiger partial charge in [0, 0.05) is 5.02 Å². The Morgan fingerprint density at radius 3 is 2.48 bits per heavy atom. The van der Waals surface area contributed by atoms with Gasteiger partial charge in [0.25, 0.3) is 0 Å². The number of ether oxygens (including phenoxy) is 1. The third-order valence-corrected chi connectivity index (χ3v) is 6.30. The summed E-state index contributed by atoms with van der Waals surface area (Å²) in [5, 5.41) is 3.38. The molecule has 0 aliphatic heterocycles.